The Bertz CT molecular complexity index is 1250. The number of rotatable bonds is 7. The Kier molecular flexibility index (Phi) is 6.22. The molecule has 0 saturated heterocycles. The minimum absolute atomic E-state index is 0.158. The monoisotopic (exact) mass is 441 g/mol. The zero-order chi connectivity index (χ0) is 23.4. The van der Waals surface area contributed by atoms with Gasteiger partial charge in [-0.15, -0.1) is 0 Å². The number of amides is 2. The van der Waals surface area contributed by atoms with Crippen LogP contribution in [0.25, 0.3) is 11.3 Å². The Morgan fingerprint density at radius 2 is 1.70 bits per heavy atom. The third-order valence-electron chi connectivity index (χ3n) is 5.19. The molecule has 4 N–H and O–H groups in total. The Morgan fingerprint density at radius 1 is 0.970 bits per heavy atom. The lowest BCUT2D eigenvalue weighted by Crippen LogP contribution is -2.13. The van der Waals surface area contributed by atoms with E-state index >= 15 is 0 Å². The molecule has 0 atom stereocenters. The lowest BCUT2D eigenvalue weighted by Gasteiger charge is -2.15. The molecular weight excluding hydrogens is 418 g/mol. The smallest absolute Gasteiger partial charge is 0.338 e. The van der Waals surface area contributed by atoms with Crippen molar-refractivity contribution in [3.8, 4) is 0 Å². The number of ether oxygens (including phenoxy) is 1. The second-order valence-corrected chi connectivity index (χ2v) is 7.52. The van der Waals surface area contributed by atoms with Crippen LogP contribution in [0.5, 0.6) is 0 Å². The fraction of sp³-hybridized carbons (Fsp3) is 0.115. The highest BCUT2D eigenvalue weighted by Crippen LogP contribution is 2.38. The molecule has 2 amide bonds. The first-order valence-corrected chi connectivity index (χ1v) is 10.5. The summed E-state index contributed by atoms with van der Waals surface area (Å²) in [5, 5.41) is 6.21. The van der Waals surface area contributed by atoms with E-state index in [-0.39, 0.29) is 18.9 Å². The third kappa shape index (κ3) is 4.77. The third-order valence-corrected chi connectivity index (χ3v) is 5.19. The van der Waals surface area contributed by atoms with Gasteiger partial charge in [-0.3, -0.25) is 9.59 Å². The number of anilines is 2. The van der Waals surface area contributed by atoms with Crippen LogP contribution in [0.15, 0.2) is 72.8 Å². The summed E-state index contributed by atoms with van der Waals surface area (Å²) in [6.45, 7) is 2.01. The molecule has 3 aromatic rings. The van der Waals surface area contributed by atoms with Gasteiger partial charge in [0.15, 0.2) is 0 Å². The van der Waals surface area contributed by atoms with Crippen molar-refractivity contribution in [3.63, 3.8) is 0 Å². The molecule has 0 fully saturated rings. The summed E-state index contributed by atoms with van der Waals surface area (Å²) < 4.78 is 5.07. The molecule has 33 heavy (non-hydrogen) atoms. The van der Waals surface area contributed by atoms with Gasteiger partial charge in [-0.25, -0.2) is 4.79 Å². The molecule has 1 aliphatic heterocycles. The summed E-state index contributed by atoms with van der Waals surface area (Å²) in [6.07, 6.45) is 0.158. The van der Waals surface area contributed by atoms with Gasteiger partial charge in [0, 0.05) is 11.3 Å². The Balaban J connectivity index is 1.77. The van der Waals surface area contributed by atoms with Gasteiger partial charge in [0.05, 0.1) is 35.5 Å². The van der Waals surface area contributed by atoms with Crippen LogP contribution in [0, 0.1) is 0 Å². The van der Waals surface area contributed by atoms with Crippen molar-refractivity contribution >= 4 is 40.4 Å². The largest absolute Gasteiger partial charge is 0.462 e. The number of hydrogen-bond donors (Lipinski definition) is 3. The van der Waals surface area contributed by atoms with Gasteiger partial charge in [-0.1, -0.05) is 48.5 Å². The van der Waals surface area contributed by atoms with Gasteiger partial charge < -0.3 is 21.1 Å². The predicted octanol–water partition coefficient (Wildman–Crippen LogP) is 3.82. The maximum absolute atomic E-state index is 13.0. The second-order valence-electron chi connectivity index (χ2n) is 7.52. The first-order chi connectivity index (χ1) is 16.0. The Morgan fingerprint density at radius 3 is 2.36 bits per heavy atom. The van der Waals surface area contributed by atoms with Crippen molar-refractivity contribution in [2.45, 2.75) is 13.3 Å². The molecular formula is C26H23N3O4. The summed E-state index contributed by atoms with van der Waals surface area (Å²) in [6, 6.07) is 21.8. The zero-order valence-electron chi connectivity index (χ0n) is 18.1. The molecule has 3 aromatic carbocycles. The van der Waals surface area contributed by atoms with Gasteiger partial charge in [0.25, 0.3) is 5.91 Å². The molecule has 0 aromatic heterocycles. The van der Waals surface area contributed by atoms with Crippen LogP contribution in [0.3, 0.4) is 0 Å². The predicted molar refractivity (Wildman–Crippen MR) is 127 cm³/mol. The van der Waals surface area contributed by atoms with Gasteiger partial charge in [0.2, 0.25) is 5.91 Å². The van der Waals surface area contributed by atoms with Gasteiger partial charge in [0.1, 0.15) is 0 Å². The van der Waals surface area contributed by atoms with Crippen molar-refractivity contribution in [1.82, 2.24) is 0 Å². The lowest BCUT2D eigenvalue weighted by molar-refractivity contribution is -0.117. The number of nitrogens with one attached hydrogen (secondary N) is 2. The topological polar surface area (TPSA) is 111 Å². The number of esters is 1. The van der Waals surface area contributed by atoms with Crippen molar-refractivity contribution in [2.75, 3.05) is 17.2 Å². The molecule has 0 unspecified atom stereocenters. The normalized spacial score (nSPS) is 13.7. The van der Waals surface area contributed by atoms with Crippen molar-refractivity contribution in [1.29, 1.82) is 0 Å². The van der Waals surface area contributed by atoms with E-state index in [1.54, 1.807) is 25.1 Å². The number of primary amides is 1. The van der Waals surface area contributed by atoms with E-state index in [1.165, 1.54) is 0 Å². The molecule has 1 aliphatic rings. The maximum Gasteiger partial charge on any atom is 0.338 e. The van der Waals surface area contributed by atoms with E-state index in [1.807, 2.05) is 54.6 Å². The minimum Gasteiger partial charge on any atom is -0.462 e. The van der Waals surface area contributed by atoms with Gasteiger partial charge in [-0.05, 0) is 42.3 Å². The van der Waals surface area contributed by atoms with Gasteiger partial charge >= 0.3 is 5.97 Å². The van der Waals surface area contributed by atoms with Crippen LogP contribution in [-0.2, 0) is 20.7 Å². The molecule has 4 rings (SSSR count). The van der Waals surface area contributed by atoms with E-state index in [9.17, 15) is 14.4 Å². The zero-order valence-corrected chi connectivity index (χ0v) is 18.1. The van der Waals surface area contributed by atoms with E-state index < -0.39 is 11.9 Å². The first-order valence-electron chi connectivity index (χ1n) is 10.5. The Labute approximate surface area is 191 Å². The summed E-state index contributed by atoms with van der Waals surface area (Å²) in [5.41, 5.74) is 10.3. The van der Waals surface area contributed by atoms with Crippen LogP contribution in [0.4, 0.5) is 11.4 Å². The van der Waals surface area contributed by atoms with Crippen LogP contribution in [-0.4, -0.2) is 24.4 Å². The summed E-state index contributed by atoms with van der Waals surface area (Å²) in [7, 11) is 0. The minimum atomic E-state index is -0.440. The standard InChI is InChI=1S/C26H23N3O4/c1-2-33-26(32)18-10-13-20-21(15-18)29-25(31)23(20)24(17-6-4-3-5-7-17)28-19-11-8-16(9-12-19)14-22(27)30/h3-13,15,28H,2,14H2,1H3,(H2,27,30)(H,29,31). The molecule has 0 bridgehead atoms. The van der Waals surface area contributed by atoms with Crippen LogP contribution >= 0.6 is 0 Å². The number of carbonyl (C=O) groups excluding carboxylic acids is 3. The second kappa shape index (κ2) is 9.40. The molecule has 166 valence electrons. The van der Waals surface area contributed by atoms with Crippen LogP contribution in [0.2, 0.25) is 0 Å². The highest BCUT2D eigenvalue weighted by Gasteiger charge is 2.29. The lowest BCUT2D eigenvalue weighted by atomic mass is 9.99. The summed E-state index contributed by atoms with van der Waals surface area (Å²) >= 11 is 0. The van der Waals surface area contributed by atoms with Crippen molar-refractivity contribution in [2.24, 2.45) is 5.73 Å². The molecule has 0 spiro atoms. The maximum atomic E-state index is 13.0. The average molecular weight is 441 g/mol. The van der Waals surface area contributed by atoms with Crippen LogP contribution < -0.4 is 16.4 Å². The molecule has 0 radical (unpaired) electrons. The van der Waals surface area contributed by atoms with E-state index in [0.29, 0.717) is 28.1 Å². The molecule has 7 nitrogen and oxygen atoms in total. The average Bonchev–Trinajstić information content (AvgIpc) is 3.13. The highest BCUT2D eigenvalue weighted by molar-refractivity contribution is 6.37. The summed E-state index contributed by atoms with van der Waals surface area (Å²) in [5.74, 6) is -1.11. The van der Waals surface area contributed by atoms with E-state index in [2.05, 4.69) is 10.6 Å². The fourth-order valence-corrected chi connectivity index (χ4v) is 3.70. The van der Waals surface area contributed by atoms with Crippen molar-refractivity contribution in [3.05, 3.63) is 95.1 Å². The number of carbonyl (C=O) groups is 3. The number of hydrogen-bond acceptors (Lipinski definition) is 5. The number of fused-ring (bicyclic) bond motifs is 1. The van der Waals surface area contributed by atoms with Crippen LogP contribution in [0.1, 0.15) is 34.0 Å². The Hall–Kier alpha value is -4.39. The molecule has 0 saturated carbocycles. The van der Waals surface area contributed by atoms with Gasteiger partial charge in [-0.2, -0.15) is 0 Å². The number of nitrogens with two attached hydrogens (primary N) is 1. The summed E-state index contributed by atoms with van der Waals surface area (Å²) in [4.78, 5) is 36.3. The molecule has 1 heterocycles. The van der Waals surface area contributed by atoms with E-state index in [4.69, 9.17) is 10.5 Å². The quantitative estimate of drug-likeness (QED) is 0.381. The first kappa shape index (κ1) is 21.8. The SMILES string of the molecule is CCOC(=O)c1ccc2c(c1)NC(=O)C2=C(Nc1ccc(CC(N)=O)cc1)c1ccccc1. The fourth-order valence-electron chi connectivity index (χ4n) is 3.70. The highest BCUT2D eigenvalue weighted by atomic mass is 16.5. The molecule has 7 heteroatoms. The molecule has 0 aliphatic carbocycles. The number of benzene rings is 3. The van der Waals surface area contributed by atoms with Crippen molar-refractivity contribution < 1.29 is 19.1 Å². The van der Waals surface area contributed by atoms with E-state index in [0.717, 1.165) is 16.8 Å².